The van der Waals surface area contributed by atoms with Gasteiger partial charge >= 0.3 is 5.91 Å². The molecule has 4 nitrogen and oxygen atoms in total. The molecule has 4 rings (SSSR count). The zero-order valence-corrected chi connectivity index (χ0v) is 12.9. The maximum Gasteiger partial charge on any atom is 0.303 e. The first-order valence-electron chi connectivity index (χ1n) is 7.59. The SMILES string of the molecule is O=C1C(=O)N(C[NH+]2CCC[C@@H]2c2cccs2)c2ccccc21. The van der Waals surface area contributed by atoms with Crippen molar-refractivity contribution in [1.82, 2.24) is 0 Å². The number of carbonyl (C=O) groups excluding carboxylic acids is 2. The lowest BCUT2D eigenvalue weighted by Gasteiger charge is -2.25. The van der Waals surface area contributed by atoms with Gasteiger partial charge in [-0.15, -0.1) is 11.3 Å². The Labute approximate surface area is 133 Å². The molecule has 1 N–H and O–H groups in total. The van der Waals surface area contributed by atoms with Gasteiger partial charge in [0.2, 0.25) is 0 Å². The lowest BCUT2D eigenvalue weighted by Crippen LogP contribution is -3.12. The number of nitrogens with one attached hydrogen (secondary N) is 1. The van der Waals surface area contributed by atoms with E-state index in [1.165, 1.54) is 9.78 Å². The number of ketones is 1. The van der Waals surface area contributed by atoms with Gasteiger partial charge in [-0.25, -0.2) is 0 Å². The van der Waals surface area contributed by atoms with Crippen LogP contribution in [0, 0.1) is 0 Å². The summed E-state index contributed by atoms with van der Waals surface area (Å²) in [5.41, 5.74) is 1.31. The highest BCUT2D eigenvalue weighted by Crippen LogP contribution is 2.28. The van der Waals surface area contributed by atoms with Crippen LogP contribution in [0.4, 0.5) is 5.69 Å². The Balaban J connectivity index is 1.61. The minimum absolute atomic E-state index is 0.373. The number of anilines is 1. The van der Waals surface area contributed by atoms with Crippen LogP contribution in [0.3, 0.4) is 0 Å². The molecule has 2 aliphatic heterocycles. The Morgan fingerprint density at radius 3 is 2.86 bits per heavy atom. The van der Waals surface area contributed by atoms with Crippen molar-refractivity contribution in [3.63, 3.8) is 0 Å². The van der Waals surface area contributed by atoms with Crippen molar-refractivity contribution in [1.29, 1.82) is 0 Å². The van der Waals surface area contributed by atoms with Crippen molar-refractivity contribution in [2.24, 2.45) is 0 Å². The number of benzene rings is 1. The normalized spacial score (nSPS) is 24.1. The second kappa shape index (κ2) is 5.34. The summed E-state index contributed by atoms with van der Waals surface area (Å²) < 4.78 is 0. The number of nitrogens with zero attached hydrogens (tertiary/aromatic N) is 1. The van der Waals surface area contributed by atoms with Crippen LogP contribution in [-0.2, 0) is 4.79 Å². The first-order valence-corrected chi connectivity index (χ1v) is 8.47. The Morgan fingerprint density at radius 2 is 2.05 bits per heavy atom. The zero-order chi connectivity index (χ0) is 15.1. The topological polar surface area (TPSA) is 41.8 Å². The molecule has 2 aliphatic rings. The fourth-order valence-electron chi connectivity index (χ4n) is 3.54. The molecule has 1 aromatic carbocycles. The maximum absolute atomic E-state index is 12.3. The van der Waals surface area contributed by atoms with Gasteiger partial charge in [-0.1, -0.05) is 18.2 Å². The second-order valence-electron chi connectivity index (χ2n) is 5.86. The van der Waals surface area contributed by atoms with E-state index in [0.29, 0.717) is 18.3 Å². The van der Waals surface area contributed by atoms with Gasteiger partial charge in [0.1, 0.15) is 6.04 Å². The third-order valence-corrected chi connectivity index (χ3v) is 5.60. The molecule has 1 aromatic heterocycles. The molecule has 112 valence electrons. The second-order valence-corrected chi connectivity index (χ2v) is 6.84. The smallest absolute Gasteiger partial charge is 0.303 e. The van der Waals surface area contributed by atoms with Crippen LogP contribution in [0.1, 0.15) is 34.1 Å². The summed E-state index contributed by atoms with van der Waals surface area (Å²) in [7, 11) is 0. The van der Waals surface area contributed by atoms with E-state index < -0.39 is 0 Å². The fraction of sp³-hybridized carbons (Fsp3) is 0.294. The number of rotatable bonds is 3. The van der Waals surface area contributed by atoms with Crippen LogP contribution in [0.5, 0.6) is 0 Å². The number of hydrogen-bond donors (Lipinski definition) is 1. The highest BCUT2D eigenvalue weighted by Gasteiger charge is 2.40. The van der Waals surface area contributed by atoms with Crippen LogP contribution in [0.2, 0.25) is 0 Å². The standard InChI is InChI=1S/C17H16N2O2S/c20-16-12-5-1-2-6-13(12)19(17(16)21)11-18-9-3-7-14(18)15-8-4-10-22-15/h1-2,4-6,8,10,14H,3,7,9,11H2/p+1/t14-/m1/s1. The van der Waals surface area contributed by atoms with Gasteiger partial charge in [0, 0.05) is 12.8 Å². The summed E-state index contributed by atoms with van der Waals surface area (Å²) in [5, 5.41) is 2.10. The molecule has 2 atom stereocenters. The summed E-state index contributed by atoms with van der Waals surface area (Å²) in [5.74, 6) is -0.757. The number of para-hydroxylation sites is 1. The maximum atomic E-state index is 12.3. The highest BCUT2D eigenvalue weighted by atomic mass is 32.1. The molecule has 0 radical (unpaired) electrons. The third-order valence-electron chi connectivity index (χ3n) is 4.61. The average molecular weight is 313 g/mol. The van der Waals surface area contributed by atoms with Crippen molar-refractivity contribution in [3.8, 4) is 0 Å². The van der Waals surface area contributed by atoms with Crippen LogP contribution in [0.25, 0.3) is 0 Å². The third kappa shape index (κ3) is 2.09. The van der Waals surface area contributed by atoms with Crippen LogP contribution >= 0.6 is 11.3 Å². The Hall–Kier alpha value is -1.98. The Morgan fingerprint density at radius 1 is 1.18 bits per heavy atom. The lowest BCUT2D eigenvalue weighted by atomic mass is 10.1. The van der Waals surface area contributed by atoms with E-state index in [-0.39, 0.29) is 11.7 Å². The number of Topliss-reactive ketones (excluding diaryl/α,β-unsaturated/α-hetero) is 1. The van der Waals surface area contributed by atoms with Gasteiger partial charge in [0.05, 0.1) is 22.7 Å². The highest BCUT2D eigenvalue weighted by molar-refractivity contribution is 7.10. The molecule has 3 heterocycles. The van der Waals surface area contributed by atoms with Crippen molar-refractivity contribution < 1.29 is 14.5 Å². The molecular formula is C17H17N2O2S+. The Kier molecular flexibility index (Phi) is 3.32. The number of quaternary nitrogens is 1. The van der Waals surface area contributed by atoms with Gasteiger partial charge in [-0.05, 0) is 23.6 Å². The molecular weight excluding hydrogens is 296 g/mol. The van der Waals surface area contributed by atoms with E-state index >= 15 is 0 Å². The number of likely N-dealkylation sites (tertiary alicyclic amines) is 1. The molecule has 1 fully saturated rings. The molecule has 22 heavy (non-hydrogen) atoms. The molecule has 2 aromatic rings. The number of carbonyl (C=O) groups is 2. The van der Waals surface area contributed by atoms with E-state index in [2.05, 4.69) is 17.5 Å². The van der Waals surface area contributed by atoms with Crippen molar-refractivity contribution in [2.75, 3.05) is 18.1 Å². The number of amides is 1. The molecule has 0 bridgehead atoms. The van der Waals surface area contributed by atoms with E-state index in [0.717, 1.165) is 25.1 Å². The van der Waals surface area contributed by atoms with Crippen LogP contribution in [-0.4, -0.2) is 24.9 Å². The summed E-state index contributed by atoms with van der Waals surface area (Å²) in [6.07, 6.45) is 2.31. The predicted molar refractivity (Wildman–Crippen MR) is 85.2 cm³/mol. The summed E-state index contributed by atoms with van der Waals surface area (Å²) in [4.78, 5) is 28.8. The van der Waals surface area contributed by atoms with Gasteiger partial charge in [0.25, 0.3) is 5.78 Å². The zero-order valence-electron chi connectivity index (χ0n) is 12.1. The molecule has 0 aliphatic carbocycles. The minimum atomic E-state index is -0.384. The molecule has 1 amide bonds. The van der Waals surface area contributed by atoms with Gasteiger partial charge in [0.15, 0.2) is 6.67 Å². The first kappa shape index (κ1) is 13.7. The van der Waals surface area contributed by atoms with E-state index in [1.807, 2.05) is 18.2 Å². The predicted octanol–water partition coefficient (Wildman–Crippen LogP) is 1.65. The molecule has 0 saturated carbocycles. The molecule has 1 saturated heterocycles. The van der Waals surface area contributed by atoms with E-state index in [9.17, 15) is 9.59 Å². The number of hydrogen-bond acceptors (Lipinski definition) is 3. The average Bonchev–Trinajstić information content (AvgIpc) is 3.25. The summed E-state index contributed by atoms with van der Waals surface area (Å²) >= 11 is 1.78. The van der Waals surface area contributed by atoms with Crippen LogP contribution in [0.15, 0.2) is 41.8 Å². The monoisotopic (exact) mass is 313 g/mol. The van der Waals surface area contributed by atoms with Crippen molar-refractivity contribution in [3.05, 3.63) is 52.2 Å². The van der Waals surface area contributed by atoms with Crippen LogP contribution < -0.4 is 9.80 Å². The number of fused-ring (bicyclic) bond motifs is 1. The molecule has 1 unspecified atom stereocenters. The first-order chi connectivity index (χ1) is 10.8. The number of thiophene rings is 1. The minimum Gasteiger partial charge on any atom is -0.311 e. The van der Waals surface area contributed by atoms with Gasteiger partial charge < -0.3 is 4.90 Å². The molecule has 0 spiro atoms. The largest absolute Gasteiger partial charge is 0.311 e. The quantitative estimate of drug-likeness (QED) is 0.876. The fourth-order valence-corrected chi connectivity index (χ4v) is 4.46. The van der Waals surface area contributed by atoms with Gasteiger partial charge in [-0.3, -0.25) is 14.5 Å². The Bertz CT molecular complexity index is 726. The van der Waals surface area contributed by atoms with Crippen molar-refractivity contribution >= 4 is 28.7 Å². The van der Waals surface area contributed by atoms with E-state index in [4.69, 9.17) is 0 Å². The summed E-state index contributed by atoms with van der Waals surface area (Å²) in [6.45, 7) is 1.62. The lowest BCUT2D eigenvalue weighted by molar-refractivity contribution is -0.916. The molecule has 5 heteroatoms. The van der Waals surface area contributed by atoms with E-state index in [1.54, 1.807) is 22.3 Å². The van der Waals surface area contributed by atoms with Crippen molar-refractivity contribution in [2.45, 2.75) is 18.9 Å². The van der Waals surface area contributed by atoms with Gasteiger partial charge in [-0.2, -0.15) is 0 Å². The summed E-state index contributed by atoms with van der Waals surface area (Å²) in [6, 6.07) is 12.0.